The number of anilines is 1. The Labute approximate surface area is 155 Å². The maximum atomic E-state index is 11.2. The van der Waals surface area contributed by atoms with Gasteiger partial charge in [-0.05, 0) is 19.9 Å². The van der Waals surface area contributed by atoms with Crippen molar-refractivity contribution in [2.45, 2.75) is 19.9 Å². The van der Waals surface area contributed by atoms with E-state index in [1.807, 2.05) is 13.8 Å². The van der Waals surface area contributed by atoms with Crippen LogP contribution in [-0.4, -0.2) is 31.6 Å². The molecule has 3 aromatic heterocycles. The van der Waals surface area contributed by atoms with Crippen molar-refractivity contribution >= 4 is 28.9 Å². The predicted molar refractivity (Wildman–Crippen MR) is 84.3 cm³/mol. The van der Waals surface area contributed by atoms with Crippen LogP contribution in [0.25, 0.3) is 16.9 Å². The number of hydrogen-bond donors (Lipinski definition) is 1. The molecular formula is C15H13ClLiN5O2. The van der Waals surface area contributed by atoms with Crippen LogP contribution in [0.1, 0.15) is 24.2 Å². The molecule has 3 rings (SSSR count). The molecule has 0 amide bonds. The predicted octanol–water partition coefficient (Wildman–Crippen LogP) is -1.37. The van der Waals surface area contributed by atoms with Crippen molar-refractivity contribution in [2.75, 3.05) is 5.32 Å². The zero-order valence-corrected chi connectivity index (χ0v) is 14.2. The van der Waals surface area contributed by atoms with Gasteiger partial charge in [0.1, 0.15) is 0 Å². The van der Waals surface area contributed by atoms with Crippen molar-refractivity contribution in [2.24, 2.45) is 0 Å². The second-order valence-corrected chi connectivity index (χ2v) is 5.74. The van der Waals surface area contributed by atoms with Gasteiger partial charge in [0.15, 0.2) is 5.65 Å². The number of carboxylic acid groups (broad SMARTS) is 1. The molecular weight excluding hydrogens is 325 g/mol. The average Bonchev–Trinajstić information content (AvgIpc) is 2.89. The molecule has 0 radical (unpaired) electrons. The van der Waals surface area contributed by atoms with Gasteiger partial charge < -0.3 is 15.2 Å². The molecule has 0 saturated heterocycles. The molecule has 0 aliphatic rings. The Morgan fingerprint density at radius 3 is 2.71 bits per heavy atom. The Kier molecular flexibility index (Phi) is 5.50. The van der Waals surface area contributed by atoms with Crippen molar-refractivity contribution in [1.29, 1.82) is 0 Å². The molecule has 1 N–H and O–H groups in total. The second kappa shape index (κ2) is 7.22. The average molecular weight is 338 g/mol. The van der Waals surface area contributed by atoms with E-state index in [0.29, 0.717) is 27.6 Å². The van der Waals surface area contributed by atoms with E-state index in [0.717, 1.165) is 0 Å². The Hall–Kier alpha value is -2.07. The van der Waals surface area contributed by atoms with Crippen LogP contribution in [0.5, 0.6) is 0 Å². The molecule has 3 heterocycles. The fourth-order valence-corrected chi connectivity index (χ4v) is 2.37. The Morgan fingerprint density at radius 1 is 1.29 bits per heavy atom. The standard InChI is InChI=1S/C15H14ClN5O2.Li/c1-8(2)20-13-3-12(17-5-11(13)15(22)23)10-6-19-21-7-9(16)4-18-14(10)21;/h3-8H,1-2H3,(H,17,20)(H,22,23);/q;+1/p-1. The molecule has 0 spiro atoms. The molecule has 3 aromatic rings. The number of nitrogens with one attached hydrogen (secondary N) is 1. The van der Waals surface area contributed by atoms with Gasteiger partial charge >= 0.3 is 18.9 Å². The fraction of sp³-hybridized carbons (Fsp3) is 0.200. The number of carboxylic acids is 1. The van der Waals surface area contributed by atoms with Gasteiger partial charge in [-0.2, -0.15) is 5.10 Å². The summed E-state index contributed by atoms with van der Waals surface area (Å²) < 4.78 is 1.54. The maximum absolute atomic E-state index is 11.2. The summed E-state index contributed by atoms with van der Waals surface area (Å²) in [5.74, 6) is -1.28. The summed E-state index contributed by atoms with van der Waals surface area (Å²) in [6.45, 7) is 3.83. The first-order chi connectivity index (χ1) is 11.0. The van der Waals surface area contributed by atoms with Gasteiger partial charge in [-0.25, -0.2) is 9.50 Å². The summed E-state index contributed by atoms with van der Waals surface area (Å²) in [5, 5.41) is 19.0. The summed E-state index contributed by atoms with van der Waals surface area (Å²) in [5.41, 5.74) is 2.27. The zero-order valence-electron chi connectivity index (χ0n) is 13.4. The number of pyridine rings is 1. The molecule has 0 fully saturated rings. The monoisotopic (exact) mass is 337 g/mol. The van der Waals surface area contributed by atoms with E-state index in [-0.39, 0.29) is 30.5 Å². The largest absolute Gasteiger partial charge is 1.00 e. The smallest absolute Gasteiger partial charge is 0.545 e. The van der Waals surface area contributed by atoms with Gasteiger partial charge in [0.2, 0.25) is 0 Å². The molecule has 0 aromatic carbocycles. The van der Waals surface area contributed by atoms with Crippen molar-refractivity contribution in [3.63, 3.8) is 0 Å². The first kappa shape index (κ1) is 18.3. The molecule has 0 aliphatic heterocycles. The number of aromatic carboxylic acids is 1. The Morgan fingerprint density at radius 2 is 2.04 bits per heavy atom. The third kappa shape index (κ3) is 3.54. The van der Waals surface area contributed by atoms with E-state index in [9.17, 15) is 9.90 Å². The van der Waals surface area contributed by atoms with Crippen molar-refractivity contribution in [3.05, 3.63) is 41.4 Å². The summed E-state index contributed by atoms with van der Waals surface area (Å²) in [6, 6.07) is 1.71. The van der Waals surface area contributed by atoms with Crippen LogP contribution in [0.3, 0.4) is 0 Å². The van der Waals surface area contributed by atoms with Crippen molar-refractivity contribution in [3.8, 4) is 11.3 Å². The summed E-state index contributed by atoms with van der Waals surface area (Å²) >= 11 is 5.89. The summed E-state index contributed by atoms with van der Waals surface area (Å²) in [6.07, 6.45) is 6.04. The van der Waals surface area contributed by atoms with Crippen LogP contribution in [0, 0.1) is 0 Å². The molecule has 0 unspecified atom stereocenters. The number of nitrogens with zero attached hydrogens (tertiary/aromatic N) is 4. The Balaban J connectivity index is 0.00000208. The molecule has 7 nitrogen and oxygen atoms in total. The number of fused-ring (bicyclic) bond motifs is 1. The minimum absolute atomic E-state index is 0. The summed E-state index contributed by atoms with van der Waals surface area (Å²) in [7, 11) is 0. The van der Waals surface area contributed by atoms with E-state index in [1.54, 1.807) is 23.0 Å². The quantitative estimate of drug-likeness (QED) is 0.590. The molecule has 9 heteroatoms. The van der Waals surface area contributed by atoms with Gasteiger partial charge in [0, 0.05) is 29.7 Å². The van der Waals surface area contributed by atoms with Crippen LogP contribution in [0.4, 0.5) is 5.69 Å². The topological polar surface area (TPSA) is 95.2 Å². The first-order valence-electron chi connectivity index (χ1n) is 6.93. The van der Waals surface area contributed by atoms with E-state index in [4.69, 9.17) is 11.6 Å². The van der Waals surface area contributed by atoms with Gasteiger partial charge in [0.25, 0.3) is 0 Å². The third-order valence-electron chi connectivity index (χ3n) is 3.17. The first-order valence-corrected chi connectivity index (χ1v) is 7.30. The van der Waals surface area contributed by atoms with E-state index in [1.165, 1.54) is 12.4 Å². The van der Waals surface area contributed by atoms with E-state index >= 15 is 0 Å². The van der Waals surface area contributed by atoms with Crippen LogP contribution < -0.4 is 29.3 Å². The minimum Gasteiger partial charge on any atom is -0.545 e. The van der Waals surface area contributed by atoms with E-state index < -0.39 is 5.97 Å². The molecule has 24 heavy (non-hydrogen) atoms. The number of hydrogen-bond acceptors (Lipinski definition) is 6. The number of carbonyl (C=O) groups excluding carboxylic acids is 1. The van der Waals surface area contributed by atoms with Gasteiger partial charge in [0.05, 0.1) is 34.6 Å². The van der Waals surface area contributed by atoms with Gasteiger partial charge in [-0.15, -0.1) is 0 Å². The SMILES string of the molecule is CC(C)Nc1cc(-c2cnn3cc(Cl)cnc23)ncc1C(=O)[O-].[Li+]. The summed E-state index contributed by atoms with van der Waals surface area (Å²) in [4.78, 5) is 19.7. The molecule has 0 saturated carbocycles. The molecule has 118 valence electrons. The molecule has 0 atom stereocenters. The van der Waals surface area contributed by atoms with Crippen molar-refractivity contribution < 1.29 is 28.8 Å². The second-order valence-electron chi connectivity index (χ2n) is 5.30. The van der Waals surface area contributed by atoms with E-state index in [2.05, 4.69) is 20.4 Å². The minimum atomic E-state index is -1.28. The van der Waals surface area contributed by atoms with Crippen LogP contribution in [0.2, 0.25) is 5.02 Å². The molecule has 0 aliphatic carbocycles. The maximum Gasteiger partial charge on any atom is 1.00 e. The number of aromatic nitrogens is 4. The van der Waals surface area contributed by atoms with Gasteiger partial charge in [-0.3, -0.25) is 4.98 Å². The van der Waals surface area contributed by atoms with Gasteiger partial charge in [-0.1, -0.05) is 11.6 Å². The molecule has 0 bridgehead atoms. The van der Waals surface area contributed by atoms with Crippen molar-refractivity contribution in [1.82, 2.24) is 19.6 Å². The van der Waals surface area contributed by atoms with Crippen LogP contribution in [-0.2, 0) is 0 Å². The normalized spacial score (nSPS) is 10.7. The number of halogens is 1. The van der Waals surface area contributed by atoms with Crippen LogP contribution in [0.15, 0.2) is 30.9 Å². The third-order valence-corrected chi connectivity index (χ3v) is 3.36. The number of carbonyl (C=O) groups is 1. The number of rotatable bonds is 4. The Bertz CT molecular complexity index is 897. The van der Waals surface area contributed by atoms with Crippen LogP contribution >= 0.6 is 11.6 Å². The fourth-order valence-electron chi connectivity index (χ4n) is 2.23. The zero-order chi connectivity index (χ0) is 16.6.